The molecule has 22 heteroatoms. The maximum atomic E-state index is 14.3. The third-order valence-electron chi connectivity index (χ3n) is 12.0. The molecule has 72 heavy (non-hydrogen) atoms. The molecule has 2 aromatic carbocycles. The summed E-state index contributed by atoms with van der Waals surface area (Å²) in [6.07, 6.45) is -0.391. The molecule has 10 atom stereocenters. The minimum atomic E-state index is -1.53. The van der Waals surface area contributed by atoms with Crippen molar-refractivity contribution in [3.8, 4) is 5.75 Å². The molecule has 0 aliphatic rings. The highest BCUT2D eigenvalue weighted by molar-refractivity contribution is 5.98. The molecule has 2 rings (SSSR count). The van der Waals surface area contributed by atoms with E-state index >= 15 is 0 Å². The van der Waals surface area contributed by atoms with Crippen molar-refractivity contribution in [3.63, 3.8) is 0 Å². The van der Waals surface area contributed by atoms with Crippen LogP contribution in [0.4, 0.5) is 0 Å². The van der Waals surface area contributed by atoms with Gasteiger partial charge in [0.25, 0.3) is 0 Å². The Kier molecular flexibility index (Phi) is 26.4. The van der Waals surface area contributed by atoms with Gasteiger partial charge in [-0.15, -0.1) is 0 Å². The van der Waals surface area contributed by atoms with E-state index in [4.69, 9.17) is 22.9 Å². The van der Waals surface area contributed by atoms with E-state index in [1.54, 1.807) is 70.2 Å². The molecule has 0 saturated carbocycles. The first-order valence-electron chi connectivity index (χ1n) is 24.5. The molecule has 0 radical (unpaired) electrons. The highest BCUT2D eigenvalue weighted by atomic mass is 16.3. The smallest absolute Gasteiger partial charge is 0.245 e. The van der Waals surface area contributed by atoms with Crippen LogP contribution in [0.15, 0.2) is 54.6 Å². The number of rotatable bonds is 32. The summed E-state index contributed by atoms with van der Waals surface area (Å²) in [6.45, 7) is 12.0. The zero-order valence-corrected chi connectivity index (χ0v) is 42.6. The van der Waals surface area contributed by atoms with Gasteiger partial charge in [0.1, 0.15) is 48.0 Å². The number of carbonyl (C=O) groups is 9. The van der Waals surface area contributed by atoms with Crippen LogP contribution < -0.4 is 60.2 Å². The standard InChI is InChI=1S/C50H79N11O11/c1-8-29(6)41(49(71)55-35(43(54)65)21-22-39(53)64)60-47(69)38(26-31-14-10-9-11-15-31)58-48(70)40(28(4)5)59-46(68)37(24-27(2)3)57-45(67)36(16-12-13-23-51)56-50(72)42(30(7)62)61-44(66)34(52)25-32-17-19-33(63)20-18-32/h9-11,14-15,17-20,27-30,34-38,40-42,62-63H,8,12-13,16,21-26,51-52H2,1-7H3,(H2,53,64)(H2,54,65)(H,55,71)(H,56,72)(H,57,67)(H,58,70)(H,59,68)(H,60,69)(H,61,66)/t29-,30+,34-,35-,36-,37-,38-,40-,41-,42-/m0/s1. The van der Waals surface area contributed by atoms with E-state index in [9.17, 15) is 53.4 Å². The van der Waals surface area contributed by atoms with E-state index in [1.165, 1.54) is 19.1 Å². The molecule has 400 valence electrons. The predicted octanol–water partition coefficient (Wildman–Crippen LogP) is -1.09. The van der Waals surface area contributed by atoms with Gasteiger partial charge in [-0.25, -0.2) is 0 Å². The Balaban J connectivity index is 2.38. The van der Waals surface area contributed by atoms with Crippen LogP contribution in [0.2, 0.25) is 0 Å². The Hall–Kier alpha value is -6.65. The van der Waals surface area contributed by atoms with Crippen molar-refractivity contribution < 1.29 is 53.4 Å². The number of nitrogens with two attached hydrogens (primary N) is 4. The Bertz CT molecular complexity index is 2110. The number of primary amides is 2. The monoisotopic (exact) mass is 1010 g/mol. The van der Waals surface area contributed by atoms with Crippen LogP contribution in [-0.4, -0.2) is 124 Å². The SMILES string of the molecule is CC[C@H](C)[C@H](NC(=O)[C@H](Cc1ccccc1)NC(=O)[C@@H](NC(=O)[C@H](CC(C)C)NC(=O)[C@H](CCCCN)NC(=O)[C@@H](NC(=O)[C@@H](N)Cc1ccc(O)cc1)[C@@H](C)O)C(C)C)C(=O)N[C@@H](CCC(N)=O)C(N)=O. The minimum absolute atomic E-state index is 0.0250. The van der Waals surface area contributed by atoms with E-state index in [-0.39, 0.29) is 56.7 Å². The highest BCUT2D eigenvalue weighted by Crippen LogP contribution is 2.15. The lowest BCUT2D eigenvalue weighted by atomic mass is 9.96. The Labute approximate surface area is 422 Å². The van der Waals surface area contributed by atoms with Gasteiger partial charge in [0.2, 0.25) is 53.2 Å². The molecular formula is C50H79N11O11. The van der Waals surface area contributed by atoms with Crippen LogP contribution in [0.1, 0.15) is 105 Å². The molecule has 0 bridgehead atoms. The fourth-order valence-corrected chi connectivity index (χ4v) is 7.54. The summed E-state index contributed by atoms with van der Waals surface area (Å²) in [5.74, 6) is -8.24. The maximum absolute atomic E-state index is 14.3. The molecule has 0 aromatic heterocycles. The fourth-order valence-electron chi connectivity index (χ4n) is 7.54. The number of phenols is 1. The second-order valence-electron chi connectivity index (χ2n) is 19.1. The first-order valence-corrected chi connectivity index (χ1v) is 24.5. The summed E-state index contributed by atoms with van der Waals surface area (Å²) in [5, 5.41) is 38.7. The Morgan fingerprint density at radius 3 is 1.60 bits per heavy atom. The third-order valence-corrected chi connectivity index (χ3v) is 12.0. The largest absolute Gasteiger partial charge is 0.508 e. The van der Waals surface area contributed by atoms with Crippen molar-refractivity contribution in [2.75, 3.05) is 6.54 Å². The second-order valence-corrected chi connectivity index (χ2v) is 19.1. The van der Waals surface area contributed by atoms with Gasteiger partial charge in [0, 0.05) is 12.8 Å². The number of amides is 9. The predicted molar refractivity (Wildman–Crippen MR) is 269 cm³/mol. The summed E-state index contributed by atoms with van der Waals surface area (Å²) in [5.41, 5.74) is 23.9. The minimum Gasteiger partial charge on any atom is -0.508 e. The van der Waals surface area contributed by atoms with E-state index in [1.807, 2.05) is 13.8 Å². The molecule has 0 unspecified atom stereocenters. The quantitative estimate of drug-likeness (QED) is 0.0388. The van der Waals surface area contributed by atoms with Gasteiger partial charge in [-0.2, -0.15) is 0 Å². The van der Waals surface area contributed by atoms with Gasteiger partial charge in [0.15, 0.2) is 0 Å². The van der Waals surface area contributed by atoms with Gasteiger partial charge in [-0.05, 0) is 93.0 Å². The van der Waals surface area contributed by atoms with Crippen molar-refractivity contribution in [1.29, 1.82) is 0 Å². The lowest BCUT2D eigenvalue weighted by Crippen LogP contribution is -2.62. The second kappa shape index (κ2) is 30.9. The van der Waals surface area contributed by atoms with Crippen LogP contribution in [-0.2, 0) is 56.0 Å². The number of benzene rings is 2. The van der Waals surface area contributed by atoms with E-state index in [0.717, 1.165) is 0 Å². The first-order chi connectivity index (χ1) is 33.9. The van der Waals surface area contributed by atoms with Gasteiger partial charge in [0.05, 0.1) is 12.1 Å². The molecule has 0 heterocycles. The van der Waals surface area contributed by atoms with Crippen molar-refractivity contribution in [2.24, 2.45) is 40.7 Å². The number of aliphatic hydroxyl groups excluding tert-OH is 1. The number of unbranched alkanes of at least 4 members (excludes halogenated alkanes) is 1. The number of hydrogen-bond acceptors (Lipinski definition) is 13. The average molecular weight is 1010 g/mol. The molecule has 17 N–H and O–H groups in total. The van der Waals surface area contributed by atoms with Gasteiger partial charge >= 0.3 is 0 Å². The average Bonchev–Trinajstić information content (AvgIpc) is 3.31. The van der Waals surface area contributed by atoms with Crippen LogP contribution in [0.3, 0.4) is 0 Å². The van der Waals surface area contributed by atoms with Crippen molar-refractivity contribution >= 4 is 53.2 Å². The van der Waals surface area contributed by atoms with Gasteiger partial charge < -0.3 is 70.4 Å². The van der Waals surface area contributed by atoms with Crippen molar-refractivity contribution in [2.45, 2.75) is 161 Å². The van der Waals surface area contributed by atoms with Crippen molar-refractivity contribution in [1.82, 2.24) is 37.2 Å². The summed E-state index contributed by atoms with van der Waals surface area (Å²) < 4.78 is 0. The molecular weight excluding hydrogens is 931 g/mol. The summed E-state index contributed by atoms with van der Waals surface area (Å²) in [6, 6.07) is 4.56. The number of hydrogen-bond donors (Lipinski definition) is 13. The topological polar surface area (TPSA) is 382 Å². The molecule has 0 fully saturated rings. The van der Waals surface area contributed by atoms with Crippen LogP contribution in [0.25, 0.3) is 0 Å². The molecule has 0 saturated heterocycles. The van der Waals surface area contributed by atoms with Crippen LogP contribution in [0, 0.1) is 17.8 Å². The number of aromatic hydroxyl groups is 1. The molecule has 0 spiro atoms. The molecule has 0 aliphatic carbocycles. The molecule has 22 nitrogen and oxygen atoms in total. The van der Waals surface area contributed by atoms with E-state index < -0.39 is 119 Å². The molecule has 0 aliphatic heterocycles. The summed E-state index contributed by atoms with van der Waals surface area (Å²) in [7, 11) is 0. The number of aliphatic hydroxyl groups is 1. The fraction of sp³-hybridized carbons (Fsp3) is 0.580. The van der Waals surface area contributed by atoms with Crippen LogP contribution >= 0.6 is 0 Å². The lowest BCUT2D eigenvalue weighted by Gasteiger charge is -2.30. The number of phenolic OH excluding ortho intramolecular Hbond substituents is 1. The summed E-state index contributed by atoms with van der Waals surface area (Å²) >= 11 is 0. The maximum Gasteiger partial charge on any atom is 0.245 e. The first kappa shape index (κ1) is 61.5. The number of carbonyl (C=O) groups excluding carboxylic acids is 9. The third kappa shape index (κ3) is 21.4. The zero-order valence-electron chi connectivity index (χ0n) is 42.6. The number of nitrogens with one attached hydrogen (secondary N) is 7. The summed E-state index contributed by atoms with van der Waals surface area (Å²) in [4.78, 5) is 121. The highest BCUT2D eigenvalue weighted by Gasteiger charge is 2.37. The van der Waals surface area contributed by atoms with E-state index in [2.05, 4.69) is 37.2 Å². The Morgan fingerprint density at radius 1 is 0.556 bits per heavy atom. The zero-order chi connectivity index (χ0) is 54.2. The van der Waals surface area contributed by atoms with E-state index in [0.29, 0.717) is 30.4 Å². The normalized spacial score (nSPS) is 15.4. The Morgan fingerprint density at radius 2 is 1.06 bits per heavy atom. The molecule has 9 amide bonds. The lowest BCUT2D eigenvalue weighted by molar-refractivity contribution is -0.137. The van der Waals surface area contributed by atoms with Gasteiger partial charge in [-0.1, -0.05) is 90.4 Å². The van der Waals surface area contributed by atoms with Crippen molar-refractivity contribution in [3.05, 3.63) is 65.7 Å². The molecule has 2 aromatic rings. The van der Waals surface area contributed by atoms with Crippen LogP contribution in [0.5, 0.6) is 5.75 Å². The van der Waals surface area contributed by atoms with Gasteiger partial charge in [-0.3, -0.25) is 43.2 Å².